The minimum absolute atomic E-state index is 0.0251. The van der Waals surface area contributed by atoms with Crippen molar-refractivity contribution >= 4 is 23.2 Å². The third kappa shape index (κ3) is 2.91. The Balaban J connectivity index is 2.36. The molecule has 6 nitrogen and oxygen atoms in total. The first-order valence-corrected chi connectivity index (χ1v) is 6.78. The molecule has 1 saturated heterocycles. The second-order valence-corrected chi connectivity index (χ2v) is 5.19. The number of halogens is 1. The molecule has 108 valence electrons. The smallest absolute Gasteiger partial charge is 0.282 e. The molecular weight excluding hydrogens is 284 g/mol. The summed E-state index contributed by atoms with van der Waals surface area (Å²) in [5.41, 5.74) is -0.287. The fourth-order valence-electron chi connectivity index (χ4n) is 2.45. The molecular formula is C13H15ClN2O4. The average Bonchev–Trinajstić information content (AvgIpc) is 2.46. The van der Waals surface area contributed by atoms with Crippen molar-refractivity contribution < 1.29 is 14.8 Å². The normalized spacial score (nSPS) is 18.9. The standard InChI is InChI=1S/C13H15ClN2O4/c14-9-4-5-12(16(19)20)11(7-9)13(18)15-6-2-1-3-10(15)8-17/h4-5,7,10,17H,1-3,6,8H2. The molecule has 20 heavy (non-hydrogen) atoms. The molecule has 0 aromatic heterocycles. The number of amides is 1. The van der Waals surface area contributed by atoms with Crippen molar-refractivity contribution in [3.8, 4) is 0 Å². The average molecular weight is 299 g/mol. The van der Waals surface area contributed by atoms with Crippen molar-refractivity contribution in [2.75, 3.05) is 13.2 Å². The van der Waals surface area contributed by atoms with Crippen LogP contribution in [-0.2, 0) is 0 Å². The zero-order valence-corrected chi connectivity index (χ0v) is 11.5. The van der Waals surface area contributed by atoms with Crippen LogP contribution in [0.15, 0.2) is 18.2 Å². The Morgan fingerprint density at radius 1 is 1.50 bits per heavy atom. The molecule has 1 aromatic carbocycles. The maximum absolute atomic E-state index is 12.5. The third-order valence-corrected chi connectivity index (χ3v) is 3.72. The van der Waals surface area contributed by atoms with Crippen molar-refractivity contribution in [2.24, 2.45) is 0 Å². The quantitative estimate of drug-likeness (QED) is 0.685. The van der Waals surface area contributed by atoms with E-state index in [-0.39, 0.29) is 28.9 Å². The van der Waals surface area contributed by atoms with Crippen LogP contribution in [0.3, 0.4) is 0 Å². The summed E-state index contributed by atoms with van der Waals surface area (Å²) in [6.07, 6.45) is 2.47. The van der Waals surface area contributed by atoms with Crippen LogP contribution < -0.4 is 0 Å². The van der Waals surface area contributed by atoms with Gasteiger partial charge in [0.15, 0.2) is 0 Å². The van der Waals surface area contributed by atoms with Crippen LogP contribution in [0.5, 0.6) is 0 Å². The van der Waals surface area contributed by atoms with Gasteiger partial charge in [-0.2, -0.15) is 0 Å². The number of aliphatic hydroxyl groups excluding tert-OH is 1. The first-order valence-electron chi connectivity index (χ1n) is 6.40. The molecule has 0 saturated carbocycles. The fourth-order valence-corrected chi connectivity index (χ4v) is 2.62. The van der Waals surface area contributed by atoms with Crippen molar-refractivity contribution in [2.45, 2.75) is 25.3 Å². The van der Waals surface area contributed by atoms with E-state index >= 15 is 0 Å². The highest BCUT2D eigenvalue weighted by Gasteiger charge is 2.31. The summed E-state index contributed by atoms with van der Waals surface area (Å²) in [7, 11) is 0. The summed E-state index contributed by atoms with van der Waals surface area (Å²) in [5.74, 6) is -0.446. The SMILES string of the molecule is O=C(c1cc(Cl)ccc1[N+](=O)[O-])N1CCCCC1CO. The monoisotopic (exact) mass is 298 g/mol. The van der Waals surface area contributed by atoms with Gasteiger partial charge in [0.2, 0.25) is 0 Å². The van der Waals surface area contributed by atoms with Gasteiger partial charge < -0.3 is 10.0 Å². The van der Waals surface area contributed by atoms with Gasteiger partial charge >= 0.3 is 0 Å². The molecule has 0 spiro atoms. The third-order valence-electron chi connectivity index (χ3n) is 3.48. The summed E-state index contributed by atoms with van der Waals surface area (Å²) in [6.45, 7) is 0.355. The first kappa shape index (κ1) is 14.7. The second kappa shape index (κ2) is 6.19. The Morgan fingerprint density at radius 2 is 2.25 bits per heavy atom. The van der Waals surface area contributed by atoms with E-state index in [0.717, 1.165) is 12.8 Å². The van der Waals surface area contributed by atoms with E-state index in [2.05, 4.69) is 0 Å². The number of piperidine rings is 1. The van der Waals surface area contributed by atoms with Gasteiger partial charge in [0, 0.05) is 17.6 Å². The van der Waals surface area contributed by atoms with E-state index in [1.54, 1.807) is 0 Å². The molecule has 0 radical (unpaired) electrons. The lowest BCUT2D eigenvalue weighted by Gasteiger charge is -2.34. The predicted octanol–water partition coefficient (Wildman–Crippen LogP) is 2.24. The molecule has 1 aliphatic heterocycles. The van der Waals surface area contributed by atoms with E-state index in [9.17, 15) is 20.0 Å². The Morgan fingerprint density at radius 3 is 2.90 bits per heavy atom. The highest BCUT2D eigenvalue weighted by atomic mass is 35.5. The topological polar surface area (TPSA) is 83.7 Å². The predicted molar refractivity (Wildman–Crippen MR) is 73.9 cm³/mol. The molecule has 1 unspecified atom stereocenters. The molecule has 1 N–H and O–H groups in total. The zero-order chi connectivity index (χ0) is 14.7. The van der Waals surface area contributed by atoms with E-state index in [4.69, 9.17) is 11.6 Å². The molecule has 1 fully saturated rings. The number of carbonyl (C=O) groups excluding carboxylic acids is 1. The first-order chi connectivity index (χ1) is 9.54. The minimum Gasteiger partial charge on any atom is -0.394 e. The van der Waals surface area contributed by atoms with Gasteiger partial charge in [-0.3, -0.25) is 14.9 Å². The molecule has 0 aliphatic carbocycles. The van der Waals surface area contributed by atoms with E-state index in [1.807, 2.05) is 0 Å². The number of hydrogen-bond acceptors (Lipinski definition) is 4. The molecule has 1 aliphatic rings. The maximum Gasteiger partial charge on any atom is 0.282 e. The molecule has 1 amide bonds. The molecule has 0 bridgehead atoms. The summed E-state index contributed by atoms with van der Waals surface area (Å²) in [6, 6.07) is 3.64. The number of hydrogen-bond donors (Lipinski definition) is 1. The lowest BCUT2D eigenvalue weighted by atomic mass is 10.0. The fraction of sp³-hybridized carbons (Fsp3) is 0.462. The number of nitro groups is 1. The number of nitrogens with zero attached hydrogens (tertiary/aromatic N) is 2. The highest BCUT2D eigenvalue weighted by Crippen LogP contribution is 2.27. The summed E-state index contributed by atoms with van der Waals surface area (Å²) in [5, 5.41) is 20.6. The van der Waals surface area contributed by atoms with Crippen molar-refractivity contribution in [1.29, 1.82) is 0 Å². The van der Waals surface area contributed by atoms with Crippen molar-refractivity contribution in [3.63, 3.8) is 0 Å². The van der Waals surface area contributed by atoms with Gasteiger partial charge in [-0.05, 0) is 31.4 Å². The summed E-state index contributed by atoms with van der Waals surface area (Å²) >= 11 is 5.83. The van der Waals surface area contributed by atoms with Gasteiger partial charge in [-0.1, -0.05) is 11.6 Å². The van der Waals surface area contributed by atoms with Crippen LogP contribution in [0.2, 0.25) is 5.02 Å². The Bertz CT molecular complexity index is 535. The van der Waals surface area contributed by atoms with Crippen LogP contribution >= 0.6 is 11.6 Å². The van der Waals surface area contributed by atoms with Crippen molar-refractivity contribution in [1.82, 2.24) is 4.90 Å². The Labute approximate surface area is 121 Å². The van der Waals surface area contributed by atoms with Gasteiger partial charge in [0.1, 0.15) is 5.56 Å². The largest absolute Gasteiger partial charge is 0.394 e. The molecule has 1 aromatic rings. The Hall–Kier alpha value is -1.66. The van der Waals surface area contributed by atoms with Crippen LogP contribution in [0.4, 0.5) is 5.69 Å². The van der Waals surface area contributed by atoms with E-state index in [0.29, 0.717) is 13.0 Å². The maximum atomic E-state index is 12.5. The molecule has 1 heterocycles. The lowest BCUT2D eigenvalue weighted by molar-refractivity contribution is -0.385. The van der Waals surface area contributed by atoms with Crippen LogP contribution in [0.25, 0.3) is 0 Å². The van der Waals surface area contributed by atoms with Gasteiger partial charge in [0.25, 0.3) is 11.6 Å². The molecule has 2 rings (SSSR count). The van der Waals surface area contributed by atoms with Gasteiger partial charge in [0.05, 0.1) is 17.6 Å². The Kier molecular flexibility index (Phi) is 4.57. The summed E-state index contributed by atoms with van der Waals surface area (Å²) in [4.78, 5) is 24.4. The number of carbonyl (C=O) groups is 1. The van der Waals surface area contributed by atoms with E-state index < -0.39 is 10.8 Å². The second-order valence-electron chi connectivity index (χ2n) is 4.75. The number of aliphatic hydroxyl groups is 1. The van der Waals surface area contributed by atoms with Crippen LogP contribution in [0.1, 0.15) is 29.6 Å². The molecule has 7 heteroatoms. The van der Waals surface area contributed by atoms with Crippen LogP contribution in [0, 0.1) is 10.1 Å². The number of rotatable bonds is 3. The van der Waals surface area contributed by atoms with Gasteiger partial charge in [-0.15, -0.1) is 0 Å². The highest BCUT2D eigenvalue weighted by molar-refractivity contribution is 6.31. The number of nitro benzene ring substituents is 1. The van der Waals surface area contributed by atoms with E-state index in [1.165, 1.54) is 23.1 Å². The lowest BCUT2D eigenvalue weighted by Crippen LogP contribution is -2.45. The minimum atomic E-state index is -0.596. The molecule has 1 atom stereocenters. The number of benzene rings is 1. The van der Waals surface area contributed by atoms with Crippen LogP contribution in [-0.4, -0.2) is 40.0 Å². The zero-order valence-electron chi connectivity index (χ0n) is 10.8. The van der Waals surface area contributed by atoms with Gasteiger partial charge in [-0.25, -0.2) is 0 Å². The summed E-state index contributed by atoms with van der Waals surface area (Å²) < 4.78 is 0. The van der Waals surface area contributed by atoms with Crippen molar-refractivity contribution in [3.05, 3.63) is 38.9 Å². The number of likely N-dealkylation sites (tertiary alicyclic amines) is 1.